The Bertz CT molecular complexity index is 809. The molecule has 1 saturated heterocycles. The number of carbonyl (C=O) groups excluding carboxylic acids is 1. The molecule has 1 N–H and O–H groups in total. The summed E-state index contributed by atoms with van der Waals surface area (Å²) >= 11 is 1.57. The molecule has 1 aliphatic heterocycles. The van der Waals surface area contributed by atoms with Crippen LogP contribution in [0.5, 0.6) is 0 Å². The second-order valence-electron chi connectivity index (χ2n) is 7.52. The fourth-order valence-corrected chi connectivity index (χ4v) is 4.56. The summed E-state index contributed by atoms with van der Waals surface area (Å²) in [6.45, 7) is 0.631. The van der Waals surface area contributed by atoms with Crippen LogP contribution < -0.4 is 4.72 Å². The van der Waals surface area contributed by atoms with Gasteiger partial charge in [0.05, 0.1) is 6.04 Å². The predicted octanol–water partition coefficient (Wildman–Crippen LogP) is 4.24. The molecule has 2 aromatic carbocycles. The lowest BCUT2D eigenvalue weighted by Gasteiger charge is -2.29. The van der Waals surface area contributed by atoms with Crippen molar-refractivity contribution in [3.8, 4) is 11.1 Å². The monoisotopic (exact) mass is 384 g/mol. The number of hydrogen-bond acceptors (Lipinski definition) is 3. The maximum absolute atomic E-state index is 14.4. The van der Waals surface area contributed by atoms with Gasteiger partial charge in [0.1, 0.15) is 0 Å². The van der Waals surface area contributed by atoms with Crippen molar-refractivity contribution in [2.45, 2.75) is 43.4 Å². The number of rotatable bonds is 6. The van der Waals surface area contributed by atoms with E-state index >= 15 is 0 Å². The predicted molar refractivity (Wildman–Crippen MR) is 109 cm³/mol. The fourth-order valence-electron chi connectivity index (χ4n) is 3.98. The molecule has 1 amide bonds. The average molecular weight is 385 g/mol. The zero-order chi connectivity index (χ0) is 18.9. The summed E-state index contributed by atoms with van der Waals surface area (Å²) in [6.07, 6.45) is 4.35. The van der Waals surface area contributed by atoms with Gasteiger partial charge in [0.25, 0.3) is 5.91 Å². The molecule has 5 heteroatoms. The second-order valence-corrected chi connectivity index (χ2v) is 8.16. The van der Waals surface area contributed by atoms with Crippen molar-refractivity contribution in [1.29, 1.82) is 0 Å². The Kier molecular flexibility index (Phi) is 5.24. The van der Waals surface area contributed by atoms with Crippen molar-refractivity contribution in [1.82, 2.24) is 9.62 Å². The van der Waals surface area contributed by atoms with Crippen LogP contribution in [0.3, 0.4) is 0 Å². The fraction of sp³-hybridized carbons (Fsp3) is 0.409. The number of halogens is 1. The van der Waals surface area contributed by atoms with Crippen molar-refractivity contribution in [3.05, 3.63) is 60.2 Å². The van der Waals surface area contributed by atoms with Crippen molar-refractivity contribution < 1.29 is 9.18 Å². The summed E-state index contributed by atoms with van der Waals surface area (Å²) in [5, 5.41) is 0. The Hall–Kier alpha value is -1.85. The first-order chi connectivity index (χ1) is 13.1. The largest absolute Gasteiger partial charge is 0.335 e. The molecule has 2 fully saturated rings. The van der Waals surface area contributed by atoms with E-state index < -0.39 is 5.67 Å². The minimum absolute atomic E-state index is 0.0100. The Morgan fingerprint density at radius 3 is 2.63 bits per heavy atom. The third-order valence-corrected chi connectivity index (χ3v) is 6.17. The summed E-state index contributed by atoms with van der Waals surface area (Å²) in [7, 11) is 0. The Labute approximate surface area is 164 Å². The number of benzene rings is 2. The number of amides is 1. The van der Waals surface area contributed by atoms with Crippen molar-refractivity contribution in [3.63, 3.8) is 0 Å². The molecule has 2 aromatic rings. The summed E-state index contributed by atoms with van der Waals surface area (Å²) in [5.41, 5.74) is 1.93. The zero-order valence-corrected chi connectivity index (χ0v) is 16.3. The van der Waals surface area contributed by atoms with E-state index in [1.807, 2.05) is 24.5 Å². The summed E-state index contributed by atoms with van der Waals surface area (Å²) < 4.78 is 17.9. The van der Waals surface area contributed by atoms with Crippen LogP contribution in [0.25, 0.3) is 11.1 Å². The molecule has 0 bridgehead atoms. The maximum atomic E-state index is 14.4. The third kappa shape index (κ3) is 3.90. The molecule has 2 atom stereocenters. The van der Waals surface area contributed by atoms with Gasteiger partial charge < -0.3 is 4.90 Å². The van der Waals surface area contributed by atoms with E-state index in [0.29, 0.717) is 19.4 Å². The standard InChI is InChI=1S/C22H25FN2OS/c1-27-24-19-10-13-25(21(26)22(23)11-12-22)20(19)15-16-6-5-9-18(14-16)17-7-3-2-4-8-17/h2-9,14,19-20,24H,10-13,15H2,1H3. The normalized spacial score (nSPS) is 23.4. The highest BCUT2D eigenvalue weighted by atomic mass is 32.2. The summed E-state index contributed by atoms with van der Waals surface area (Å²) in [5.74, 6) is -0.308. The quantitative estimate of drug-likeness (QED) is 0.757. The lowest BCUT2D eigenvalue weighted by Crippen LogP contribution is -2.47. The smallest absolute Gasteiger partial charge is 0.260 e. The van der Waals surface area contributed by atoms with E-state index in [9.17, 15) is 9.18 Å². The molecular formula is C22H25FN2OS. The van der Waals surface area contributed by atoms with E-state index in [1.165, 1.54) is 16.7 Å². The molecule has 1 heterocycles. The first-order valence-electron chi connectivity index (χ1n) is 9.53. The van der Waals surface area contributed by atoms with Gasteiger partial charge in [-0.2, -0.15) is 0 Å². The summed E-state index contributed by atoms with van der Waals surface area (Å²) in [6, 6.07) is 18.9. The van der Waals surface area contributed by atoms with Crippen LogP contribution in [0, 0.1) is 0 Å². The Balaban J connectivity index is 1.57. The van der Waals surface area contributed by atoms with Crippen LogP contribution in [0.1, 0.15) is 24.8 Å². The van der Waals surface area contributed by atoms with Gasteiger partial charge in [-0.3, -0.25) is 9.52 Å². The van der Waals surface area contributed by atoms with Gasteiger partial charge in [-0.05, 0) is 48.6 Å². The third-order valence-electron chi connectivity index (χ3n) is 5.63. The molecule has 3 nitrogen and oxygen atoms in total. The highest BCUT2D eigenvalue weighted by Crippen LogP contribution is 2.43. The SMILES string of the molecule is CSNC1CCN(C(=O)C2(F)CC2)C1Cc1cccc(-c2ccccc2)c1. The molecule has 2 unspecified atom stereocenters. The number of nitrogens with zero attached hydrogens (tertiary/aromatic N) is 1. The first-order valence-corrected chi connectivity index (χ1v) is 10.8. The molecular weight excluding hydrogens is 359 g/mol. The zero-order valence-electron chi connectivity index (χ0n) is 15.5. The van der Waals surface area contributed by atoms with Crippen LogP contribution in [0.4, 0.5) is 4.39 Å². The van der Waals surface area contributed by atoms with E-state index in [4.69, 9.17) is 0 Å². The van der Waals surface area contributed by atoms with Gasteiger partial charge >= 0.3 is 0 Å². The van der Waals surface area contributed by atoms with Crippen LogP contribution in [0.15, 0.2) is 54.6 Å². The lowest BCUT2D eigenvalue weighted by atomic mass is 9.97. The van der Waals surface area contributed by atoms with E-state index in [1.54, 1.807) is 16.8 Å². The first kappa shape index (κ1) is 18.5. The van der Waals surface area contributed by atoms with Gasteiger partial charge in [-0.25, -0.2) is 4.39 Å². The van der Waals surface area contributed by atoms with Crippen LogP contribution >= 0.6 is 11.9 Å². The highest BCUT2D eigenvalue weighted by molar-refractivity contribution is 7.96. The minimum atomic E-state index is -1.60. The lowest BCUT2D eigenvalue weighted by molar-refractivity contribution is -0.139. The van der Waals surface area contributed by atoms with Crippen LogP contribution in [-0.2, 0) is 11.2 Å². The summed E-state index contributed by atoms with van der Waals surface area (Å²) in [4.78, 5) is 14.5. The Morgan fingerprint density at radius 1 is 1.19 bits per heavy atom. The molecule has 1 saturated carbocycles. The topological polar surface area (TPSA) is 32.3 Å². The van der Waals surface area contributed by atoms with Crippen molar-refractivity contribution >= 4 is 17.9 Å². The van der Waals surface area contributed by atoms with E-state index in [2.05, 4.69) is 41.1 Å². The molecule has 0 spiro atoms. The molecule has 0 aromatic heterocycles. The van der Waals surface area contributed by atoms with Gasteiger partial charge in [-0.15, -0.1) is 0 Å². The number of likely N-dealkylation sites (tertiary alicyclic amines) is 1. The number of alkyl halides is 1. The highest BCUT2D eigenvalue weighted by Gasteiger charge is 2.55. The van der Waals surface area contributed by atoms with Gasteiger partial charge in [0, 0.05) is 12.6 Å². The second kappa shape index (κ2) is 7.64. The number of nitrogens with one attached hydrogen (secondary N) is 1. The molecule has 1 aliphatic carbocycles. The number of carbonyl (C=O) groups is 1. The molecule has 2 aliphatic rings. The average Bonchev–Trinajstić information content (AvgIpc) is 3.34. The van der Waals surface area contributed by atoms with Crippen LogP contribution in [-0.4, -0.2) is 41.4 Å². The van der Waals surface area contributed by atoms with Gasteiger partial charge in [-0.1, -0.05) is 66.5 Å². The van der Waals surface area contributed by atoms with E-state index in [0.717, 1.165) is 12.8 Å². The molecule has 4 rings (SSSR count). The molecule has 27 heavy (non-hydrogen) atoms. The van der Waals surface area contributed by atoms with Crippen LogP contribution in [0.2, 0.25) is 0 Å². The van der Waals surface area contributed by atoms with Crippen molar-refractivity contribution in [2.75, 3.05) is 12.8 Å². The number of hydrogen-bond donors (Lipinski definition) is 1. The van der Waals surface area contributed by atoms with Crippen molar-refractivity contribution in [2.24, 2.45) is 0 Å². The molecule has 0 radical (unpaired) electrons. The Morgan fingerprint density at radius 2 is 1.93 bits per heavy atom. The maximum Gasteiger partial charge on any atom is 0.260 e. The van der Waals surface area contributed by atoms with Gasteiger partial charge in [0.15, 0.2) is 5.67 Å². The minimum Gasteiger partial charge on any atom is -0.335 e. The molecule has 142 valence electrons. The van der Waals surface area contributed by atoms with E-state index in [-0.39, 0.29) is 18.0 Å². The van der Waals surface area contributed by atoms with Gasteiger partial charge in [0.2, 0.25) is 0 Å².